The lowest BCUT2D eigenvalue weighted by Gasteiger charge is -2.09. The smallest absolute Gasteiger partial charge is 0.278 e. The monoisotopic (exact) mass is 370 g/mol. The first-order chi connectivity index (χ1) is 12.4. The number of rotatable bonds is 4. The minimum absolute atomic E-state index is 0.243. The average Bonchev–Trinajstić information content (AvgIpc) is 2.96. The van der Waals surface area contributed by atoms with Crippen molar-refractivity contribution in [2.24, 2.45) is 0 Å². The van der Waals surface area contributed by atoms with Crippen molar-refractivity contribution in [3.8, 4) is 11.4 Å². The number of anilines is 1. The van der Waals surface area contributed by atoms with Crippen molar-refractivity contribution in [1.29, 1.82) is 0 Å². The van der Waals surface area contributed by atoms with Crippen LogP contribution >= 0.6 is 11.6 Å². The van der Waals surface area contributed by atoms with Gasteiger partial charge in [-0.2, -0.15) is 9.90 Å². The van der Waals surface area contributed by atoms with E-state index in [-0.39, 0.29) is 11.6 Å². The molecule has 0 bridgehead atoms. The topological polar surface area (TPSA) is 69.0 Å². The Morgan fingerprint density at radius 1 is 1.12 bits per heavy atom. The maximum atomic E-state index is 12.7. The zero-order valence-corrected chi connectivity index (χ0v) is 15.8. The molecule has 0 unspecified atom stereocenters. The highest BCUT2D eigenvalue weighted by atomic mass is 35.5. The van der Waals surface area contributed by atoms with Crippen LogP contribution in [0.25, 0.3) is 5.69 Å². The molecule has 6 nitrogen and oxygen atoms in total. The third-order valence-electron chi connectivity index (χ3n) is 3.97. The highest BCUT2D eigenvalue weighted by Crippen LogP contribution is 2.28. The van der Waals surface area contributed by atoms with Crippen molar-refractivity contribution < 1.29 is 9.53 Å². The second-order valence-electron chi connectivity index (χ2n) is 6.01. The van der Waals surface area contributed by atoms with Gasteiger partial charge in [0.05, 0.1) is 24.2 Å². The van der Waals surface area contributed by atoms with Gasteiger partial charge in [-0.25, -0.2) is 0 Å². The second kappa shape index (κ2) is 7.17. The molecule has 0 radical (unpaired) electrons. The predicted octanol–water partition coefficient (Wildman–Crippen LogP) is 4.11. The van der Waals surface area contributed by atoms with E-state index in [0.29, 0.717) is 22.2 Å². The fourth-order valence-corrected chi connectivity index (χ4v) is 2.86. The van der Waals surface area contributed by atoms with Crippen molar-refractivity contribution in [1.82, 2.24) is 15.0 Å². The second-order valence-corrected chi connectivity index (χ2v) is 6.45. The Morgan fingerprint density at radius 2 is 1.88 bits per heavy atom. The predicted molar refractivity (Wildman–Crippen MR) is 102 cm³/mol. The van der Waals surface area contributed by atoms with Gasteiger partial charge in [-0.1, -0.05) is 29.3 Å². The highest BCUT2D eigenvalue weighted by molar-refractivity contribution is 6.31. The number of nitrogens with zero attached hydrogens (tertiary/aromatic N) is 3. The molecule has 1 heterocycles. The SMILES string of the molecule is COc1ccc(Cl)cc1NC(=O)c1nn(-c2ccc(C)cc2C)nc1C. The summed E-state index contributed by atoms with van der Waals surface area (Å²) in [6.45, 7) is 5.75. The number of carbonyl (C=O) groups excluding carboxylic acids is 1. The molecule has 134 valence electrons. The van der Waals surface area contributed by atoms with Gasteiger partial charge in [-0.3, -0.25) is 4.79 Å². The molecule has 0 spiro atoms. The van der Waals surface area contributed by atoms with Crippen LogP contribution < -0.4 is 10.1 Å². The van der Waals surface area contributed by atoms with Gasteiger partial charge in [-0.15, -0.1) is 5.10 Å². The number of hydrogen-bond donors (Lipinski definition) is 1. The first-order valence-electron chi connectivity index (χ1n) is 8.05. The largest absolute Gasteiger partial charge is 0.495 e. The number of aryl methyl sites for hydroxylation is 3. The van der Waals surface area contributed by atoms with Crippen LogP contribution in [0.3, 0.4) is 0 Å². The van der Waals surface area contributed by atoms with Gasteiger partial charge >= 0.3 is 0 Å². The number of benzene rings is 2. The summed E-state index contributed by atoms with van der Waals surface area (Å²) < 4.78 is 5.25. The molecular weight excluding hydrogens is 352 g/mol. The van der Waals surface area contributed by atoms with E-state index in [2.05, 4.69) is 15.5 Å². The molecule has 7 heteroatoms. The summed E-state index contributed by atoms with van der Waals surface area (Å²) in [6.07, 6.45) is 0. The fraction of sp³-hybridized carbons (Fsp3) is 0.211. The molecule has 0 saturated heterocycles. The summed E-state index contributed by atoms with van der Waals surface area (Å²) in [7, 11) is 1.53. The Hall–Kier alpha value is -2.86. The number of amides is 1. The van der Waals surface area contributed by atoms with Crippen LogP contribution in [0.5, 0.6) is 5.75 Å². The van der Waals surface area contributed by atoms with Crippen molar-refractivity contribution >= 4 is 23.2 Å². The minimum atomic E-state index is -0.376. The molecule has 0 saturated carbocycles. The van der Waals surface area contributed by atoms with Gasteiger partial charge < -0.3 is 10.1 Å². The van der Waals surface area contributed by atoms with Crippen LogP contribution in [0.1, 0.15) is 27.3 Å². The van der Waals surface area contributed by atoms with Gasteiger partial charge in [0.2, 0.25) is 0 Å². The molecular formula is C19H19ClN4O2. The maximum Gasteiger partial charge on any atom is 0.278 e. The molecule has 0 aliphatic carbocycles. The molecule has 0 atom stereocenters. The first-order valence-corrected chi connectivity index (χ1v) is 8.43. The molecule has 1 N–H and O–H groups in total. The quantitative estimate of drug-likeness (QED) is 0.750. The van der Waals surface area contributed by atoms with Crippen LogP contribution in [0.2, 0.25) is 5.02 Å². The number of hydrogen-bond acceptors (Lipinski definition) is 4. The van der Waals surface area contributed by atoms with Crippen molar-refractivity contribution in [2.75, 3.05) is 12.4 Å². The number of aromatic nitrogens is 3. The lowest BCUT2D eigenvalue weighted by Crippen LogP contribution is -2.15. The normalized spacial score (nSPS) is 10.7. The molecule has 0 fully saturated rings. The number of nitrogens with one attached hydrogen (secondary N) is 1. The van der Waals surface area contributed by atoms with Gasteiger partial charge in [-0.05, 0) is 50.6 Å². The van der Waals surface area contributed by atoms with E-state index in [1.807, 2.05) is 32.0 Å². The highest BCUT2D eigenvalue weighted by Gasteiger charge is 2.18. The lowest BCUT2D eigenvalue weighted by atomic mass is 10.1. The molecule has 0 aliphatic rings. The number of carbonyl (C=O) groups is 1. The summed E-state index contributed by atoms with van der Waals surface area (Å²) in [4.78, 5) is 14.2. The maximum absolute atomic E-state index is 12.7. The number of halogens is 1. The molecule has 2 aromatic carbocycles. The Kier molecular flexibility index (Phi) is 4.95. The standard InChI is InChI=1S/C19H19ClN4O2/c1-11-5-7-16(12(2)9-11)24-22-13(3)18(23-24)19(25)21-15-10-14(20)6-8-17(15)26-4/h5-10H,1-4H3,(H,21,25). The Morgan fingerprint density at radius 3 is 2.58 bits per heavy atom. The van der Waals surface area contributed by atoms with Gasteiger partial charge in [0.1, 0.15) is 5.75 Å². The Balaban J connectivity index is 1.92. The van der Waals surface area contributed by atoms with Gasteiger partial charge in [0.25, 0.3) is 5.91 Å². The molecule has 0 aliphatic heterocycles. The average molecular weight is 371 g/mol. The van der Waals surface area contributed by atoms with E-state index >= 15 is 0 Å². The summed E-state index contributed by atoms with van der Waals surface area (Å²) >= 11 is 6.01. The Bertz CT molecular complexity index is 982. The van der Waals surface area contributed by atoms with E-state index in [4.69, 9.17) is 16.3 Å². The van der Waals surface area contributed by atoms with Gasteiger partial charge in [0.15, 0.2) is 5.69 Å². The molecule has 1 aromatic heterocycles. The van der Waals surface area contributed by atoms with Crippen LogP contribution in [-0.4, -0.2) is 28.0 Å². The summed E-state index contributed by atoms with van der Waals surface area (Å²) in [5, 5.41) is 12.0. The Labute approximate surface area is 156 Å². The zero-order valence-electron chi connectivity index (χ0n) is 15.0. The van der Waals surface area contributed by atoms with Crippen LogP contribution in [-0.2, 0) is 0 Å². The molecule has 3 aromatic rings. The van der Waals surface area contributed by atoms with Crippen LogP contribution in [0.15, 0.2) is 36.4 Å². The number of methoxy groups -OCH3 is 1. The van der Waals surface area contributed by atoms with E-state index < -0.39 is 0 Å². The summed E-state index contributed by atoms with van der Waals surface area (Å²) in [5.74, 6) is 0.140. The van der Waals surface area contributed by atoms with E-state index in [9.17, 15) is 4.79 Å². The third kappa shape index (κ3) is 3.55. The van der Waals surface area contributed by atoms with Crippen LogP contribution in [0.4, 0.5) is 5.69 Å². The van der Waals surface area contributed by atoms with Crippen molar-refractivity contribution in [3.63, 3.8) is 0 Å². The van der Waals surface area contributed by atoms with Gasteiger partial charge in [0, 0.05) is 5.02 Å². The molecule has 1 amide bonds. The summed E-state index contributed by atoms with van der Waals surface area (Å²) in [6, 6.07) is 11.0. The minimum Gasteiger partial charge on any atom is -0.495 e. The first kappa shape index (κ1) is 17.9. The van der Waals surface area contributed by atoms with Crippen molar-refractivity contribution in [2.45, 2.75) is 20.8 Å². The number of ether oxygens (including phenoxy) is 1. The van der Waals surface area contributed by atoms with Crippen LogP contribution in [0, 0.1) is 20.8 Å². The zero-order chi connectivity index (χ0) is 18.8. The summed E-state index contributed by atoms with van der Waals surface area (Å²) in [5.41, 5.74) is 4.27. The van der Waals surface area contributed by atoms with Crippen molar-refractivity contribution in [3.05, 3.63) is 63.9 Å². The molecule has 26 heavy (non-hydrogen) atoms. The fourth-order valence-electron chi connectivity index (χ4n) is 2.69. The van der Waals surface area contributed by atoms with E-state index in [1.165, 1.54) is 11.9 Å². The van der Waals surface area contributed by atoms with E-state index in [1.54, 1.807) is 25.1 Å². The lowest BCUT2D eigenvalue weighted by molar-refractivity contribution is 0.102. The van der Waals surface area contributed by atoms with E-state index in [0.717, 1.165) is 16.8 Å². The third-order valence-corrected chi connectivity index (χ3v) is 4.21. The molecule has 3 rings (SSSR count).